The Morgan fingerprint density at radius 2 is 2.03 bits per heavy atom. The predicted molar refractivity (Wildman–Crippen MR) is 103 cm³/mol. The Bertz CT molecular complexity index is 1270. The van der Waals surface area contributed by atoms with E-state index in [0.717, 1.165) is 6.20 Å². The van der Waals surface area contributed by atoms with Crippen molar-refractivity contribution in [3.63, 3.8) is 0 Å². The van der Waals surface area contributed by atoms with Gasteiger partial charge in [-0.3, -0.25) is 14.4 Å². The van der Waals surface area contributed by atoms with E-state index in [9.17, 15) is 22.5 Å². The summed E-state index contributed by atoms with van der Waals surface area (Å²) in [4.78, 5) is 34.1. The van der Waals surface area contributed by atoms with Gasteiger partial charge in [0.05, 0.1) is 24.4 Å². The number of phosphoric ester groups is 1. The molecule has 3 heterocycles. The Morgan fingerprint density at radius 3 is 2.64 bits per heavy atom. The van der Waals surface area contributed by atoms with Crippen molar-refractivity contribution < 1.29 is 41.6 Å². The first kappa shape index (κ1) is 22.8. The van der Waals surface area contributed by atoms with Gasteiger partial charge in [-0.2, -0.15) is 0 Å². The zero-order valence-electron chi connectivity index (χ0n) is 16.6. The largest absolute Gasteiger partial charge is 0.469 e. The topological polar surface area (TPSA) is 153 Å². The minimum absolute atomic E-state index is 0.0775. The van der Waals surface area contributed by atoms with Crippen LogP contribution in [0.2, 0.25) is 0 Å². The van der Waals surface area contributed by atoms with Crippen molar-refractivity contribution in [3.05, 3.63) is 41.8 Å². The van der Waals surface area contributed by atoms with Crippen molar-refractivity contribution >= 4 is 19.6 Å². The van der Waals surface area contributed by atoms with Gasteiger partial charge < -0.3 is 14.5 Å². The van der Waals surface area contributed by atoms with E-state index in [4.69, 9.17) is 14.5 Å². The molecule has 16 heteroatoms. The van der Waals surface area contributed by atoms with Gasteiger partial charge in [-0.25, -0.2) is 27.2 Å². The number of nitrogens with zero attached hydrogens (tertiary/aromatic N) is 6. The van der Waals surface area contributed by atoms with Gasteiger partial charge in [-0.15, -0.1) is 5.10 Å². The van der Waals surface area contributed by atoms with Crippen LogP contribution in [0.15, 0.2) is 24.4 Å². The Labute approximate surface area is 182 Å². The molecule has 1 amide bonds. The molecule has 1 aromatic carbocycles. The highest BCUT2D eigenvalue weighted by Gasteiger charge is 2.37. The van der Waals surface area contributed by atoms with E-state index >= 15 is 0 Å². The zero-order chi connectivity index (χ0) is 23.9. The number of hydrogen-bond donors (Lipinski definition) is 2. The Hall–Kier alpha value is -3.39. The third-order valence-corrected chi connectivity index (χ3v) is 5.12. The SMILES string of the molecule is Cn1nnnc1-c1ccc(-c2c(F)cc(N3C[C@H](COP(=O)(O)O)OC3=O)c(F)c2F)cn1. The summed E-state index contributed by atoms with van der Waals surface area (Å²) in [6, 6.07) is 3.31. The first-order chi connectivity index (χ1) is 15.5. The van der Waals surface area contributed by atoms with Crippen molar-refractivity contribution in [2.24, 2.45) is 7.05 Å². The number of hydrogen-bond acceptors (Lipinski definition) is 8. The number of benzene rings is 1. The molecule has 0 spiro atoms. The van der Waals surface area contributed by atoms with Gasteiger partial charge in [-0.1, -0.05) is 6.07 Å². The van der Waals surface area contributed by atoms with Gasteiger partial charge in [0, 0.05) is 24.9 Å². The lowest BCUT2D eigenvalue weighted by Gasteiger charge is -2.17. The number of tetrazole rings is 1. The fourth-order valence-electron chi connectivity index (χ4n) is 3.15. The lowest BCUT2D eigenvalue weighted by atomic mass is 10.0. The van der Waals surface area contributed by atoms with Gasteiger partial charge in [-0.05, 0) is 16.5 Å². The molecule has 12 nitrogen and oxygen atoms in total. The van der Waals surface area contributed by atoms with E-state index in [0.29, 0.717) is 22.5 Å². The second-order valence-corrected chi connectivity index (χ2v) is 8.08. The molecule has 0 radical (unpaired) electrons. The maximum atomic E-state index is 14.8. The molecule has 33 heavy (non-hydrogen) atoms. The van der Waals surface area contributed by atoms with E-state index in [1.165, 1.54) is 16.8 Å². The van der Waals surface area contributed by atoms with Crippen LogP contribution in [0, 0.1) is 17.5 Å². The molecule has 4 rings (SSSR count). The van der Waals surface area contributed by atoms with Crippen LogP contribution in [0.25, 0.3) is 22.6 Å². The molecule has 0 aliphatic carbocycles. The van der Waals surface area contributed by atoms with Crippen LogP contribution in [0.5, 0.6) is 0 Å². The summed E-state index contributed by atoms with van der Waals surface area (Å²) in [6.45, 7) is -1.15. The molecule has 0 bridgehead atoms. The minimum atomic E-state index is -4.84. The highest BCUT2D eigenvalue weighted by molar-refractivity contribution is 7.46. The summed E-state index contributed by atoms with van der Waals surface area (Å²) in [5.74, 6) is -3.97. The number of halogens is 3. The van der Waals surface area contributed by atoms with Crippen LogP contribution in [-0.2, 0) is 20.9 Å². The number of amides is 1. The third kappa shape index (κ3) is 4.57. The van der Waals surface area contributed by atoms with Gasteiger partial charge in [0.1, 0.15) is 17.6 Å². The Balaban J connectivity index is 1.61. The summed E-state index contributed by atoms with van der Waals surface area (Å²) in [7, 11) is -3.27. The number of carbonyl (C=O) groups excluding carboxylic acids is 1. The molecular formula is C17H14F3N6O6P. The van der Waals surface area contributed by atoms with Crippen LogP contribution in [0.4, 0.5) is 23.7 Å². The molecule has 1 aliphatic heterocycles. The molecule has 0 unspecified atom stereocenters. The van der Waals surface area contributed by atoms with E-state index in [-0.39, 0.29) is 5.56 Å². The quantitative estimate of drug-likeness (QED) is 0.390. The van der Waals surface area contributed by atoms with Crippen LogP contribution >= 0.6 is 7.82 Å². The minimum Gasteiger partial charge on any atom is -0.441 e. The smallest absolute Gasteiger partial charge is 0.441 e. The Morgan fingerprint density at radius 1 is 1.27 bits per heavy atom. The number of phosphoric acid groups is 1. The van der Waals surface area contributed by atoms with Gasteiger partial charge >= 0.3 is 13.9 Å². The average molecular weight is 486 g/mol. The standard InChI is InChI=1S/C17H14F3N6O6P/c1-25-16(22-23-24-25)11-3-2-8(5-21-11)13-10(18)4-12(14(19)15(13)20)26-6-9(32-17(26)27)7-31-33(28,29)30/h2-5,9H,6-7H2,1H3,(H2,28,29,30)/t9-/m1/s1. The lowest BCUT2D eigenvalue weighted by Crippen LogP contribution is -2.27. The molecular weight excluding hydrogens is 472 g/mol. The molecule has 1 fully saturated rings. The van der Waals surface area contributed by atoms with Crippen LogP contribution in [0.1, 0.15) is 0 Å². The monoisotopic (exact) mass is 486 g/mol. The predicted octanol–water partition coefficient (Wildman–Crippen LogP) is 1.79. The van der Waals surface area contributed by atoms with Crippen molar-refractivity contribution in [2.45, 2.75) is 6.10 Å². The second kappa shape index (κ2) is 8.51. The van der Waals surface area contributed by atoms with Gasteiger partial charge in [0.2, 0.25) is 0 Å². The van der Waals surface area contributed by atoms with Crippen molar-refractivity contribution in [3.8, 4) is 22.6 Å². The number of aryl methyl sites for hydroxylation is 1. The lowest BCUT2D eigenvalue weighted by molar-refractivity contribution is 0.0880. The average Bonchev–Trinajstić information content (AvgIpc) is 3.34. The summed E-state index contributed by atoms with van der Waals surface area (Å²) in [6.07, 6.45) is -1.24. The summed E-state index contributed by atoms with van der Waals surface area (Å²) >= 11 is 0. The molecule has 174 valence electrons. The maximum Gasteiger partial charge on any atom is 0.469 e. The number of aromatic nitrogens is 5. The number of pyridine rings is 1. The summed E-state index contributed by atoms with van der Waals surface area (Å²) in [5, 5.41) is 10.9. The van der Waals surface area contributed by atoms with E-state index < -0.39 is 61.9 Å². The Kier molecular flexibility index (Phi) is 5.88. The highest BCUT2D eigenvalue weighted by atomic mass is 31.2. The maximum absolute atomic E-state index is 14.8. The second-order valence-electron chi connectivity index (χ2n) is 6.84. The third-order valence-electron chi connectivity index (χ3n) is 4.63. The van der Waals surface area contributed by atoms with Crippen molar-refractivity contribution in [1.82, 2.24) is 25.2 Å². The zero-order valence-corrected chi connectivity index (χ0v) is 17.5. The first-order valence-electron chi connectivity index (χ1n) is 9.10. The van der Waals surface area contributed by atoms with Gasteiger partial charge in [0.25, 0.3) is 0 Å². The molecule has 2 N–H and O–H groups in total. The van der Waals surface area contributed by atoms with Crippen LogP contribution in [-0.4, -0.2) is 60.3 Å². The fraction of sp³-hybridized carbons (Fsp3) is 0.235. The van der Waals surface area contributed by atoms with Crippen molar-refractivity contribution in [2.75, 3.05) is 18.1 Å². The molecule has 0 saturated carbocycles. The van der Waals surface area contributed by atoms with E-state index in [1.54, 1.807) is 7.05 Å². The first-order valence-corrected chi connectivity index (χ1v) is 10.6. The molecule has 2 aromatic heterocycles. The number of anilines is 1. The molecule has 1 atom stereocenters. The molecule has 3 aromatic rings. The number of cyclic esters (lactones) is 1. The molecule has 1 aliphatic rings. The van der Waals surface area contributed by atoms with Crippen LogP contribution in [0.3, 0.4) is 0 Å². The highest BCUT2D eigenvalue weighted by Crippen LogP contribution is 2.38. The summed E-state index contributed by atoms with van der Waals surface area (Å²) < 4.78 is 65.7. The van der Waals surface area contributed by atoms with Crippen molar-refractivity contribution in [1.29, 1.82) is 0 Å². The summed E-state index contributed by atoms with van der Waals surface area (Å²) in [5.41, 5.74) is -1.22. The number of rotatable bonds is 6. The fourth-order valence-corrected chi connectivity index (χ4v) is 3.51. The normalized spacial score (nSPS) is 16.4. The van der Waals surface area contributed by atoms with Crippen LogP contribution < -0.4 is 4.90 Å². The molecule has 1 saturated heterocycles. The van der Waals surface area contributed by atoms with E-state index in [1.807, 2.05) is 0 Å². The van der Waals surface area contributed by atoms with Gasteiger partial charge in [0.15, 0.2) is 17.5 Å². The van der Waals surface area contributed by atoms with E-state index in [2.05, 4.69) is 25.0 Å². The number of carbonyl (C=O) groups is 1. The number of ether oxygens (including phenoxy) is 1.